The van der Waals surface area contributed by atoms with Crippen molar-refractivity contribution in [1.82, 2.24) is 4.90 Å². The van der Waals surface area contributed by atoms with E-state index in [9.17, 15) is 9.18 Å². The van der Waals surface area contributed by atoms with E-state index in [1.165, 1.54) is 12.1 Å². The van der Waals surface area contributed by atoms with Crippen molar-refractivity contribution in [2.24, 2.45) is 0 Å². The van der Waals surface area contributed by atoms with Crippen LogP contribution in [0.2, 0.25) is 0 Å². The van der Waals surface area contributed by atoms with Gasteiger partial charge < -0.3 is 19.7 Å². The summed E-state index contributed by atoms with van der Waals surface area (Å²) in [5.41, 5.74) is 0.496. The molecular weight excluding hydrogens is 287 g/mol. The SMILES string of the molecule is O=C(CCN1CCC2(CC1)OCCO2)Nc1cccc(F)c1. The second-order valence-electron chi connectivity index (χ2n) is 5.76. The zero-order valence-electron chi connectivity index (χ0n) is 12.5. The van der Waals surface area contributed by atoms with Crippen molar-refractivity contribution in [2.75, 3.05) is 38.2 Å². The van der Waals surface area contributed by atoms with Gasteiger partial charge in [0, 0.05) is 44.6 Å². The number of piperidine rings is 1. The molecule has 120 valence electrons. The van der Waals surface area contributed by atoms with Gasteiger partial charge in [-0.15, -0.1) is 0 Å². The van der Waals surface area contributed by atoms with Gasteiger partial charge in [-0.25, -0.2) is 4.39 Å². The minimum atomic E-state index is -0.375. The largest absolute Gasteiger partial charge is 0.347 e. The number of carbonyl (C=O) groups excluding carboxylic acids is 1. The average molecular weight is 308 g/mol. The zero-order valence-corrected chi connectivity index (χ0v) is 12.5. The highest BCUT2D eigenvalue weighted by molar-refractivity contribution is 5.90. The Kier molecular flexibility index (Phi) is 4.71. The Morgan fingerprint density at radius 1 is 1.27 bits per heavy atom. The topological polar surface area (TPSA) is 50.8 Å². The summed E-state index contributed by atoms with van der Waals surface area (Å²) in [6.07, 6.45) is 2.09. The number of nitrogens with zero attached hydrogens (tertiary/aromatic N) is 1. The van der Waals surface area contributed by atoms with Crippen molar-refractivity contribution in [2.45, 2.75) is 25.0 Å². The number of nitrogens with one attached hydrogen (secondary N) is 1. The Bertz CT molecular complexity index is 522. The van der Waals surface area contributed by atoms with Crippen molar-refractivity contribution in [3.8, 4) is 0 Å². The van der Waals surface area contributed by atoms with Crippen LogP contribution in [0.3, 0.4) is 0 Å². The molecule has 0 saturated carbocycles. The minimum Gasteiger partial charge on any atom is -0.347 e. The third-order valence-corrected chi connectivity index (χ3v) is 4.19. The molecule has 3 rings (SSSR count). The van der Waals surface area contributed by atoms with Crippen LogP contribution < -0.4 is 5.32 Å². The molecule has 1 N–H and O–H groups in total. The smallest absolute Gasteiger partial charge is 0.225 e. The first-order valence-corrected chi connectivity index (χ1v) is 7.71. The molecular formula is C16H21FN2O3. The monoisotopic (exact) mass is 308 g/mol. The van der Waals surface area contributed by atoms with E-state index in [1.54, 1.807) is 12.1 Å². The second-order valence-corrected chi connectivity index (χ2v) is 5.76. The number of likely N-dealkylation sites (tertiary alicyclic amines) is 1. The van der Waals surface area contributed by atoms with E-state index in [1.807, 2.05) is 0 Å². The molecule has 2 fully saturated rings. The quantitative estimate of drug-likeness (QED) is 0.924. The first kappa shape index (κ1) is 15.4. The molecule has 22 heavy (non-hydrogen) atoms. The van der Waals surface area contributed by atoms with Crippen LogP contribution in [-0.4, -0.2) is 49.4 Å². The molecule has 1 aromatic carbocycles. The van der Waals surface area contributed by atoms with Crippen LogP contribution in [0.4, 0.5) is 10.1 Å². The highest BCUT2D eigenvalue weighted by atomic mass is 19.1. The van der Waals surface area contributed by atoms with Gasteiger partial charge in [0.2, 0.25) is 5.91 Å². The summed E-state index contributed by atoms with van der Waals surface area (Å²) in [6, 6.07) is 5.93. The van der Waals surface area contributed by atoms with Gasteiger partial charge in [-0.2, -0.15) is 0 Å². The van der Waals surface area contributed by atoms with E-state index in [2.05, 4.69) is 10.2 Å². The molecule has 2 aliphatic rings. The fourth-order valence-electron chi connectivity index (χ4n) is 2.95. The Balaban J connectivity index is 1.40. The fourth-order valence-corrected chi connectivity index (χ4v) is 2.95. The molecule has 0 aromatic heterocycles. The summed E-state index contributed by atoms with van der Waals surface area (Å²) in [5, 5.41) is 2.72. The van der Waals surface area contributed by atoms with E-state index in [4.69, 9.17) is 9.47 Å². The van der Waals surface area contributed by atoms with Crippen LogP contribution in [0.15, 0.2) is 24.3 Å². The van der Waals surface area contributed by atoms with Crippen LogP contribution in [0.5, 0.6) is 0 Å². The Morgan fingerprint density at radius 3 is 2.68 bits per heavy atom. The summed E-state index contributed by atoms with van der Waals surface area (Å²) in [7, 11) is 0. The number of halogens is 1. The number of anilines is 1. The molecule has 5 nitrogen and oxygen atoms in total. The predicted octanol–water partition coefficient (Wildman–Crippen LogP) is 1.99. The summed E-state index contributed by atoms with van der Waals surface area (Å²) < 4.78 is 24.4. The van der Waals surface area contributed by atoms with Crippen LogP contribution in [-0.2, 0) is 14.3 Å². The molecule has 0 atom stereocenters. The highest BCUT2D eigenvalue weighted by Crippen LogP contribution is 2.31. The summed E-state index contributed by atoms with van der Waals surface area (Å²) in [6.45, 7) is 3.78. The van der Waals surface area contributed by atoms with E-state index >= 15 is 0 Å². The maximum atomic E-state index is 13.1. The van der Waals surface area contributed by atoms with E-state index in [0.717, 1.165) is 25.9 Å². The van der Waals surface area contributed by atoms with Crippen molar-refractivity contribution in [3.05, 3.63) is 30.1 Å². The molecule has 0 aliphatic carbocycles. The van der Waals surface area contributed by atoms with Gasteiger partial charge in [-0.05, 0) is 18.2 Å². The third-order valence-electron chi connectivity index (χ3n) is 4.19. The maximum Gasteiger partial charge on any atom is 0.225 e. The van der Waals surface area contributed by atoms with Gasteiger partial charge in [0.15, 0.2) is 5.79 Å². The maximum absolute atomic E-state index is 13.1. The van der Waals surface area contributed by atoms with Gasteiger partial charge >= 0.3 is 0 Å². The molecule has 0 radical (unpaired) electrons. The van der Waals surface area contributed by atoms with Gasteiger partial charge in [-0.1, -0.05) is 6.07 Å². The van der Waals surface area contributed by atoms with E-state index < -0.39 is 0 Å². The van der Waals surface area contributed by atoms with Crippen LogP contribution in [0.1, 0.15) is 19.3 Å². The Labute approximate surface area is 129 Å². The predicted molar refractivity (Wildman–Crippen MR) is 80.0 cm³/mol. The minimum absolute atomic E-state index is 0.0979. The molecule has 2 aliphatic heterocycles. The van der Waals surface area contributed by atoms with Crippen LogP contribution >= 0.6 is 0 Å². The number of amides is 1. The van der Waals surface area contributed by atoms with Crippen molar-refractivity contribution >= 4 is 11.6 Å². The molecule has 1 amide bonds. The third kappa shape index (κ3) is 3.82. The van der Waals surface area contributed by atoms with Crippen molar-refractivity contribution < 1.29 is 18.7 Å². The first-order chi connectivity index (χ1) is 10.7. The van der Waals surface area contributed by atoms with Crippen molar-refractivity contribution in [1.29, 1.82) is 0 Å². The molecule has 1 spiro atoms. The molecule has 0 bridgehead atoms. The fraction of sp³-hybridized carbons (Fsp3) is 0.562. The van der Waals surface area contributed by atoms with Crippen LogP contribution in [0.25, 0.3) is 0 Å². The lowest BCUT2D eigenvalue weighted by molar-refractivity contribution is -0.185. The number of benzene rings is 1. The van der Waals surface area contributed by atoms with Gasteiger partial charge in [0.25, 0.3) is 0 Å². The number of carbonyl (C=O) groups is 1. The standard InChI is InChI=1S/C16H21FN2O3/c17-13-2-1-3-14(12-13)18-15(20)4-7-19-8-5-16(6-9-19)21-10-11-22-16/h1-3,12H,4-11H2,(H,18,20). The highest BCUT2D eigenvalue weighted by Gasteiger charge is 2.39. The molecule has 6 heteroatoms. The van der Waals surface area contributed by atoms with Gasteiger partial charge in [0.05, 0.1) is 13.2 Å². The first-order valence-electron chi connectivity index (χ1n) is 7.71. The lowest BCUT2D eigenvalue weighted by Crippen LogP contribution is -2.45. The van der Waals surface area contributed by atoms with Gasteiger partial charge in [-0.3, -0.25) is 4.79 Å². The summed E-state index contributed by atoms with van der Waals surface area (Å²) >= 11 is 0. The Hall–Kier alpha value is -1.50. The number of hydrogen-bond acceptors (Lipinski definition) is 4. The zero-order chi connectivity index (χ0) is 15.4. The molecule has 2 heterocycles. The lowest BCUT2D eigenvalue weighted by Gasteiger charge is -2.37. The van der Waals surface area contributed by atoms with E-state index in [-0.39, 0.29) is 17.5 Å². The molecule has 0 unspecified atom stereocenters. The van der Waals surface area contributed by atoms with Gasteiger partial charge in [0.1, 0.15) is 5.82 Å². The lowest BCUT2D eigenvalue weighted by atomic mass is 10.0. The average Bonchev–Trinajstić information content (AvgIpc) is 2.95. The number of rotatable bonds is 4. The normalized spacial score (nSPS) is 21.1. The molecule has 1 aromatic rings. The molecule has 2 saturated heterocycles. The van der Waals surface area contributed by atoms with Crippen LogP contribution in [0, 0.1) is 5.82 Å². The number of ether oxygens (including phenoxy) is 2. The Morgan fingerprint density at radius 2 is 2.00 bits per heavy atom. The van der Waals surface area contributed by atoms with E-state index in [0.29, 0.717) is 31.9 Å². The van der Waals surface area contributed by atoms with Crippen molar-refractivity contribution in [3.63, 3.8) is 0 Å². The summed E-state index contributed by atoms with van der Waals surface area (Å²) in [4.78, 5) is 14.1. The second kappa shape index (κ2) is 6.73. The summed E-state index contributed by atoms with van der Waals surface area (Å²) in [5.74, 6) is -0.824. The number of hydrogen-bond donors (Lipinski definition) is 1.